The lowest BCUT2D eigenvalue weighted by Gasteiger charge is -2.39. The molecule has 1 saturated heterocycles. The Morgan fingerprint density at radius 3 is 2.24 bits per heavy atom. The molecule has 0 bridgehead atoms. The minimum Gasteiger partial charge on any atom is -0.377 e. The van der Waals surface area contributed by atoms with Crippen molar-refractivity contribution in [2.45, 2.75) is 77.1 Å². The Morgan fingerprint density at radius 1 is 1.14 bits per heavy atom. The molecule has 124 valence electrons. The van der Waals surface area contributed by atoms with E-state index >= 15 is 0 Å². The molecule has 2 rings (SSSR count). The van der Waals surface area contributed by atoms with Gasteiger partial charge in [-0.25, -0.2) is 8.42 Å². The van der Waals surface area contributed by atoms with Crippen LogP contribution in [0.2, 0.25) is 0 Å². The van der Waals surface area contributed by atoms with Gasteiger partial charge in [0.15, 0.2) is 0 Å². The maximum absolute atomic E-state index is 11.5. The van der Waals surface area contributed by atoms with E-state index in [-0.39, 0.29) is 29.5 Å². The largest absolute Gasteiger partial charge is 0.377 e. The van der Waals surface area contributed by atoms with E-state index in [0.717, 1.165) is 38.5 Å². The average molecular weight is 339 g/mol. The summed E-state index contributed by atoms with van der Waals surface area (Å²) in [5.74, 6) is 0.0376. The van der Waals surface area contributed by atoms with Crippen LogP contribution in [0, 0.1) is 5.41 Å². The Balaban J connectivity index is 1.95. The van der Waals surface area contributed by atoms with Gasteiger partial charge in [0.05, 0.1) is 30.7 Å². The monoisotopic (exact) mass is 338 g/mol. The topological polar surface area (TPSA) is 52.6 Å². The second-order valence-corrected chi connectivity index (χ2v) is 9.68. The van der Waals surface area contributed by atoms with Gasteiger partial charge in [-0.3, -0.25) is 0 Å². The number of hydrogen-bond donors (Lipinski definition) is 0. The molecule has 2 atom stereocenters. The van der Waals surface area contributed by atoms with E-state index in [1.807, 2.05) is 0 Å². The van der Waals surface area contributed by atoms with Gasteiger partial charge in [0.2, 0.25) is 9.05 Å². The Kier molecular flexibility index (Phi) is 5.97. The molecule has 2 aliphatic rings. The van der Waals surface area contributed by atoms with Crippen LogP contribution in [-0.2, 0) is 18.5 Å². The summed E-state index contributed by atoms with van der Waals surface area (Å²) in [5.41, 5.74) is -0.288. The van der Waals surface area contributed by atoms with Crippen LogP contribution in [0.15, 0.2) is 0 Å². The molecule has 4 nitrogen and oxygen atoms in total. The van der Waals surface area contributed by atoms with E-state index in [0.29, 0.717) is 6.61 Å². The summed E-state index contributed by atoms with van der Waals surface area (Å²) in [6.45, 7) is 4.63. The molecule has 6 heteroatoms. The van der Waals surface area contributed by atoms with Crippen LogP contribution in [0.1, 0.15) is 58.8 Å². The van der Waals surface area contributed by atoms with Crippen LogP contribution in [0.25, 0.3) is 0 Å². The zero-order valence-corrected chi connectivity index (χ0v) is 14.6. The third-order valence-corrected chi connectivity index (χ3v) is 5.96. The maximum atomic E-state index is 11.5. The third-order valence-electron chi connectivity index (χ3n) is 4.67. The van der Waals surface area contributed by atoms with Crippen LogP contribution in [0.3, 0.4) is 0 Å². The molecule has 0 radical (unpaired) electrons. The molecule has 1 saturated carbocycles. The van der Waals surface area contributed by atoms with E-state index < -0.39 is 9.05 Å². The van der Waals surface area contributed by atoms with E-state index in [1.165, 1.54) is 6.42 Å². The first kappa shape index (κ1) is 17.5. The average Bonchev–Trinajstić information content (AvgIpc) is 2.34. The van der Waals surface area contributed by atoms with Crippen molar-refractivity contribution in [1.29, 1.82) is 0 Å². The van der Waals surface area contributed by atoms with Crippen LogP contribution >= 0.6 is 10.7 Å². The zero-order valence-electron chi connectivity index (χ0n) is 13.0. The Hall–Kier alpha value is 0.160. The van der Waals surface area contributed by atoms with Gasteiger partial charge in [-0.05, 0) is 39.5 Å². The molecular formula is C15H27ClO4S. The standard InChI is InChI=1S/C15H27ClO4S/c1-12-8-14(9-13(2)20-12)19-10-15(11-21(16,17)18)6-4-3-5-7-15/h12-14H,3-11H2,1-2H3. The van der Waals surface area contributed by atoms with Crippen molar-refractivity contribution in [2.24, 2.45) is 5.41 Å². The highest BCUT2D eigenvalue weighted by Gasteiger charge is 2.38. The van der Waals surface area contributed by atoms with Gasteiger partial charge in [-0.15, -0.1) is 0 Å². The summed E-state index contributed by atoms with van der Waals surface area (Å²) in [6, 6.07) is 0. The van der Waals surface area contributed by atoms with Crippen LogP contribution in [0.4, 0.5) is 0 Å². The van der Waals surface area contributed by atoms with Gasteiger partial charge in [-0.2, -0.15) is 0 Å². The van der Waals surface area contributed by atoms with E-state index in [1.54, 1.807) is 0 Å². The maximum Gasteiger partial charge on any atom is 0.233 e. The summed E-state index contributed by atoms with van der Waals surface area (Å²) < 4.78 is 34.9. The molecule has 1 aliphatic carbocycles. The first-order chi connectivity index (χ1) is 9.78. The minimum atomic E-state index is -3.49. The van der Waals surface area contributed by atoms with Crippen molar-refractivity contribution in [2.75, 3.05) is 12.4 Å². The lowest BCUT2D eigenvalue weighted by molar-refractivity contribution is -0.117. The van der Waals surface area contributed by atoms with Crippen molar-refractivity contribution in [3.63, 3.8) is 0 Å². The fourth-order valence-electron chi connectivity index (χ4n) is 3.77. The highest BCUT2D eigenvalue weighted by Crippen LogP contribution is 2.39. The molecule has 0 amide bonds. The Bertz CT molecular complexity index is 421. The number of hydrogen-bond acceptors (Lipinski definition) is 4. The molecule has 2 fully saturated rings. The van der Waals surface area contributed by atoms with Gasteiger partial charge < -0.3 is 9.47 Å². The number of ether oxygens (including phenoxy) is 2. The molecule has 0 N–H and O–H groups in total. The lowest BCUT2D eigenvalue weighted by atomic mass is 9.76. The first-order valence-electron chi connectivity index (χ1n) is 7.97. The summed E-state index contributed by atoms with van der Waals surface area (Å²) in [5, 5.41) is 0. The lowest BCUT2D eigenvalue weighted by Crippen LogP contribution is -2.40. The van der Waals surface area contributed by atoms with E-state index in [9.17, 15) is 8.42 Å². The summed E-state index contributed by atoms with van der Waals surface area (Å²) in [6.07, 6.45) is 7.45. The van der Waals surface area contributed by atoms with Gasteiger partial charge >= 0.3 is 0 Å². The SMILES string of the molecule is CC1CC(OCC2(CS(=O)(=O)Cl)CCCCC2)CC(C)O1. The Morgan fingerprint density at radius 2 is 1.71 bits per heavy atom. The normalized spacial score (nSPS) is 33.8. The van der Waals surface area contributed by atoms with Gasteiger partial charge in [0.1, 0.15) is 0 Å². The van der Waals surface area contributed by atoms with Crippen molar-refractivity contribution < 1.29 is 17.9 Å². The van der Waals surface area contributed by atoms with Gasteiger partial charge in [0.25, 0.3) is 0 Å². The number of rotatable bonds is 5. The molecule has 1 heterocycles. The highest BCUT2D eigenvalue weighted by molar-refractivity contribution is 8.13. The van der Waals surface area contributed by atoms with E-state index in [4.69, 9.17) is 20.2 Å². The predicted molar refractivity (Wildman–Crippen MR) is 84.1 cm³/mol. The second kappa shape index (κ2) is 7.16. The quantitative estimate of drug-likeness (QED) is 0.720. The molecule has 21 heavy (non-hydrogen) atoms. The molecule has 2 unspecified atom stereocenters. The van der Waals surface area contributed by atoms with Crippen molar-refractivity contribution in [3.05, 3.63) is 0 Å². The molecule has 0 aromatic heterocycles. The number of halogens is 1. The van der Waals surface area contributed by atoms with Crippen molar-refractivity contribution >= 4 is 19.7 Å². The third kappa shape index (κ3) is 5.70. The molecule has 1 aliphatic heterocycles. The summed E-state index contributed by atoms with van der Waals surface area (Å²) in [4.78, 5) is 0. The fourth-order valence-corrected chi connectivity index (χ4v) is 5.57. The van der Waals surface area contributed by atoms with Gasteiger partial charge in [0, 0.05) is 16.1 Å². The summed E-state index contributed by atoms with van der Waals surface area (Å²) >= 11 is 0. The van der Waals surface area contributed by atoms with Crippen LogP contribution in [-0.4, -0.2) is 39.1 Å². The minimum absolute atomic E-state index is 0.0376. The first-order valence-corrected chi connectivity index (χ1v) is 10.5. The summed E-state index contributed by atoms with van der Waals surface area (Å²) in [7, 11) is 2.03. The highest BCUT2D eigenvalue weighted by atomic mass is 35.7. The van der Waals surface area contributed by atoms with Crippen molar-refractivity contribution in [3.8, 4) is 0 Å². The fraction of sp³-hybridized carbons (Fsp3) is 1.00. The molecule has 0 aromatic rings. The molecule has 0 spiro atoms. The van der Waals surface area contributed by atoms with Crippen LogP contribution < -0.4 is 0 Å². The smallest absolute Gasteiger partial charge is 0.233 e. The van der Waals surface area contributed by atoms with Gasteiger partial charge in [-0.1, -0.05) is 19.3 Å². The zero-order chi connectivity index (χ0) is 15.5. The Labute approximate surface area is 132 Å². The van der Waals surface area contributed by atoms with E-state index in [2.05, 4.69) is 13.8 Å². The van der Waals surface area contributed by atoms with Crippen molar-refractivity contribution in [1.82, 2.24) is 0 Å². The molecular weight excluding hydrogens is 312 g/mol. The second-order valence-electron chi connectivity index (χ2n) is 6.91. The predicted octanol–water partition coefficient (Wildman–Crippen LogP) is 3.48. The molecule has 0 aromatic carbocycles. The van der Waals surface area contributed by atoms with Crippen LogP contribution in [0.5, 0.6) is 0 Å².